The number of amides is 2. The van der Waals surface area contributed by atoms with Gasteiger partial charge in [-0.15, -0.1) is 0 Å². The van der Waals surface area contributed by atoms with Crippen LogP contribution in [0.25, 0.3) is 0 Å². The highest BCUT2D eigenvalue weighted by molar-refractivity contribution is 5.74. The molecule has 0 heterocycles. The first kappa shape index (κ1) is 18.0. The van der Waals surface area contributed by atoms with Gasteiger partial charge < -0.3 is 20.5 Å². The molecule has 132 valence electrons. The van der Waals surface area contributed by atoms with E-state index in [4.69, 9.17) is 5.11 Å². The third kappa shape index (κ3) is 5.68. The van der Waals surface area contributed by atoms with Crippen LogP contribution >= 0.6 is 0 Å². The second-order valence-electron chi connectivity index (χ2n) is 5.74. The summed E-state index contributed by atoms with van der Waals surface area (Å²) in [7, 11) is 0. The van der Waals surface area contributed by atoms with Gasteiger partial charge in [0.05, 0.1) is 5.92 Å². The molecule has 0 atom stereocenters. The van der Waals surface area contributed by atoms with E-state index in [0.29, 0.717) is 25.7 Å². The number of aliphatic carboxylic acids is 1. The number of carboxylic acids is 1. The summed E-state index contributed by atoms with van der Waals surface area (Å²) in [6, 6.07) is 5.65. The minimum Gasteiger partial charge on any atom is -0.481 e. The van der Waals surface area contributed by atoms with Gasteiger partial charge in [-0.05, 0) is 43.4 Å². The molecule has 0 unspecified atom stereocenters. The summed E-state index contributed by atoms with van der Waals surface area (Å²) in [4.78, 5) is 22.7. The van der Waals surface area contributed by atoms with E-state index >= 15 is 0 Å². The largest absolute Gasteiger partial charge is 0.481 e. The molecule has 0 saturated heterocycles. The Hall–Kier alpha value is -2.38. The molecule has 0 aromatic heterocycles. The number of benzene rings is 1. The van der Waals surface area contributed by atoms with Gasteiger partial charge in [-0.2, -0.15) is 8.78 Å². The number of hydrogen-bond donors (Lipinski definition) is 3. The molecule has 3 N–H and O–H groups in total. The fourth-order valence-electron chi connectivity index (χ4n) is 2.69. The average molecular weight is 342 g/mol. The molecule has 0 aliphatic heterocycles. The molecule has 1 saturated carbocycles. The van der Waals surface area contributed by atoms with Gasteiger partial charge in [-0.1, -0.05) is 12.1 Å². The SMILES string of the molecule is O=C(NCc1ccc(OC(F)F)cc1)NC1CCC(C(=O)O)CC1. The van der Waals surface area contributed by atoms with Gasteiger partial charge >= 0.3 is 18.6 Å². The number of carboxylic acid groups (broad SMARTS) is 1. The Kier molecular flexibility index (Phi) is 6.34. The first-order valence-corrected chi connectivity index (χ1v) is 7.75. The average Bonchev–Trinajstić information content (AvgIpc) is 2.54. The van der Waals surface area contributed by atoms with Gasteiger partial charge in [0.15, 0.2) is 0 Å². The molecule has 1 fully saturated rings. The maximum atomic E-state index is 12.0. The predicted octanol–water partition coefficient (Wildman–Crippen LogP) is 2.73. The molecule has 1 aliphatic carbocycles. The number of carbonyl (C=O) groups excluding carboxylic acids is 1. The van der Waals surface area contributed by atoms with Crippen molar-refractivity contribution in [1.82, 2.24) is 10.6 Å². The highest BCUT2D eigenvalue weighted by atomic mass is 19.3. The van der Waals surface area contributed by atoms with Gasteiger partial charge in [-0.25, -0.2) is 4.79 Å². The maximum Gasteiger partial charge on any atom is 0.387 e. The van der Waals surface area contributed by atoms with Crippen molar-refractivity contribution >= 4 is 12.0 Å². The maximum absolute atomic E-state index is 12.0. The van der Waals surface area contributed by atoms with E-state index in [-0.39, 0.29) is 30.3 Å². The highest BCUT2D eigenvalue weighted by Gasteiger charge is 2.26. The zero-order valence-electron chi connectivity index (χ0n) is 13.0. The summed E-state index contributed by atoms with van der Waals surface area (Å²) in [5, 5.41) is 14.4. The summed E-state index contributed by atoms with van der Waals surface area (Å²) in [6.45, 7) is -2.61. The third-order valence-corrected chi connectivity index (χ3v) is 4.01. The predicted molar refractivity (Wildman–Crippen MR) is 81.8 cm³/mol. The minimum atomic E-state index is -2.86. The zero-order valence-corrected chi connectivity index (χ0v) is 13.0. The molecule has 0 radical (unpaired) electrons. The van der Waals surface area contributed by atoms with Crippen LogP contribution in [0.1, 0.15) is 31.2 Å². The van der Waals surface area contributed by atoms with Crippen LogP contribution in [-0.2, 0) is 11.3 Å². The summed E-state index contributed by atoms with van der Waals surface area (Å²) in [6.07, 6.45) is 2.41. The third-order valence-electron chi connectivity index (χ3n) is 4.01. The van der Waals surface area contributed by atoms with Crippen molar-refractivity contribution in [1.29, 1.82) is 0 Å². The van der Waals surface area contributed by atoms with Crippen molar-refractivity contribution in [3.8, 4) is 5.75 Å². The first-order valence-electron chi connectivity index (χ1n) is 7.75. The lowest BCUT2D eigenvalue weighted by atomic mass is 9.86. The molecule has 1 aromatic carbocycles. The van der Waals surface area contributed by atoms with E-state index in [9.17, 15) is 18.4 Å². The zero-order chi connectivity index (χ0) is 17.5. The van der Waals surface area contributed by atoms with Crippen LogP contribution in [0.15, 0.2) is 24.3 Å². The summed E-state index contributed by atoms with van der Waals surface area (Å²) in [5.74, 6) is -1.04. The smallest absolute Gasteiger partial charge is 0.387 e. The fraction of sp³-hybridized carbons (Fsp3) is 0.500. The van der Waals surface area contributed by atoms with Crippen LogP contribution in [0.5, 0.6) is 5.75 Å². The summed E-state index contributed by atoms with van der Waals surface area (Å²) in [5.41, 5.74) is 0.751. The molecular weight excluding hydrogens is 322 g/mol. The molecule has 0 spiro atoms. The molecule has 1 aliphatic rings. The van der Waals surface area contributed by atoms with Gasteiger partial charge in [0.25, 0.3) is 0 Å². The Morgan fingerprint density at radius 3 is 2.33 bits per heavy atom. The molecule has 8 heteroatoms. The Labute approximate surface area is 138 Å². The molecule has 2 rings (SSSR count). The Balaban J connectivity index is 1.70. The van der Waals surface area contributed by atoms with Crippen LogP contribution in [0.2, 0.25) is 0 Å². The van der Waals surface area contributed by atoms with Crippen molar-refractivity contribution in [2.75, 3.05) is 0 Å². The topological polar surface area (TPSA) is 87.7 Å². The quantitative estimate of drug-likeness (QED) is 0.742. The highest BCUT2D eigenvalue weighted by Crippen LogP contribution is 2.24. The normalized spacial score (nSPS) is 20.5. The monoisotopic (exact) mass is 342 g/mol. The summed E-state index contributed by atoms with van der Waals surface area (Å²) < 4.78 is 28.3. The number of halogens is 2. The number of urea groups is 1. The van der Waals surface area contributed by atoms with E-state index in [0.717, 1.165) is 5.56 Å². The molecule has 1 aromatic rings. The van der Waals surface area contributed by atoms with E-state index in [1.54, 1.807) is 12.1 Å². The van der Waals surface area contributed by atoms with Crippen molar-refractivity contribution in [2.45, 2.75) is 44.9 Å². The lowest BCUT2D eigenvalue weighted by Gasteiger charge is -2.26. The van der Waals surface area contributed by atoms with Crippen molar-refractivity contribution in [2.24, 2.45) is 5.92 Å². The Morgan fingerprint density at radius 1 is 1.17 bits per heavy atom. The number of alkyl halides is 2. The van der Waals surface area contributed by atoms with Crippen molar-refractivity contribution < 1.29 is 28.2 Å². The van der Waals surface area contributed by atoms with E-state index in [2.05, 4.69) is 15.4 Å². The van der Waals surface area contributed by atoms with Crippen LogP contribution in [-0.4, -0.2) is 29.8 Å². The van der Waals surface area contributed by atoms with Crippen LogP contribution in [0, 0.1) is 5.92 Å². The van der Waals surface area contributed by atoms with Gasteiger partial charge in [0, 0.05) is 12.6 Å². The minimum absolute atomic E-state index is 0.0255. The lowest BCUT2D eigenvalue weighted by molar-refractivity contribution is -0.142. The van der Waals surface area contributed by atoms with E-state index in [1.807, 2.05) is 0 Å². The molecular formula is C16H20F2N2O4. The van der Waals surface area contributed by atoms with Crippen molar-refractivity contribution in [3.63, 3.8) is 0 Å². The second-order valence-corrected chi connectivity index (χ2v) is 5.74. The molecule has 24 heavy (non-hydrogen) atoms. The number of hydrogen-bond acceptors (Lipinski definition) is 3. The molecule has 2 amide bonds. The fourth-order valence-corrected chi connectivity index (χ4v) is 2.69. The van der Waals surface area contributed by atoms with Gasteiger partial charge in [0.1, 0.15) is 5.75 Å². The Morgan fingerprint density at radius 2 is 1.79 bits per heavy atom. The molecule has 6 nitrogen and oxygen atoms in total. The van der Waals surface area contributed by atoms with Gasteiger partial charge in [0.2, 0.25) is 0 Å². The number of rotatable bonds is 6. The number of carbonyl (C=O) groups is 2. The van der Waals surface area contributed by atoms with E-state index < -0.39 is 12.6 Å². The van der Waals surface area contributed by atoms with Crippen LogP contribution < -0.4 is 15.4 Å². The Bertz CT molecular complexity index is 558. The molecule has 0 bridgehead atoms. The number of nitrogens with one attached hydrogen (secondary N) is 2. The standard InChI is InChI=1S/C16H20F2N2O4/c17-15(18)24-13-7-1-10(2-8-13)9-19-16(23)20-12-5-3-11(4-6-12)14(21)22/h1-2,7-8,11-12,15H,3-6,9H2,(H,21,22)(H2,19,20,23). The second kappa shape index (κ2) is 8.47. The van der Waals surface area contributed by atoms with Crippen LogP contribution in [0.3, 0.4) is 0 Å². The van der Waals surface area contributed by atoms with Gasteiger partial charge in [-0.3, -0.25) is 4.79 Å². The van der Waals surface area contributed by atoms with Crippen LogP contribution in [0.4, 0.5) is 13.6 Å². The lowest BCUT2D eigenvalue weighted by Crippen LogP contribution is -2.43. The number of ether oxygens (including phenoxy) is 1. The summed E-state index contributed by atoms with van der Waals surface area (Å²) >= 11 is 0. The van der Waals surface area contributed by atoms with Crippen molar-refractivity contribution in [3.05, 3.63) is 29.8 Å². The van der Waals surface area contributed by atoms with E-state index in [1.165, 1.54) is 12.1 Å². The first-order chi connectivity index (χ1) is 11.4.